The van der Waals surface area contributed by atoms with E-state index in [2.05, 4.69) is 10.3 Å². The van der Waals surface area contributed by atoms with E-state index in [4.69, 9.17) is 0 Å². The van der Waals surface area contributed by atoms with Crippen molar-refractivity contribution in [2.24, 2.45) is 10.9 Å². The highest BCUT2D eigenvalue weighted by Gasteiger charge is 2.40. The van der Waals surface area contributed by atoms with Gasteiger partial charge in [0.25, 0.3) is 5.91 Å². The quantitative estimate of drug-likeness (QED) is 0.692. The number of nitrogens with zero attached hydrogens (tertiary/aromatic N) is 2. The highest BCUT2D eigenvalue weighted by Crippen LogP contribution is 2.24. The normalized spacial score (nSPS) is 17.9. The van der Waals surface area contributed by atoms with Crippen LogP contribution in [0.3, 0.4) is 0 Å². The van der Waals surface area contributed by atoms with Gasteiger partial charge in [-0.25, -0.2) is 9.69 Å². The fourth-order valence-corrected chi connectivity index (χ4v) is 2.63. The number of hydrogen-bond acceptors (Lipinski definition) is 4. The number of nitrogens with one attached hydrogen (secondary N) is 1. The second-order valence-corrected chi connectivity index (χ2v) is 5.85. The minimum atomic E-state index is -1.15. The molecule has 3 rings (SSSR count). The van der Waals surface area contributed by atoms with Crippen LogP contribution in [0.5, 0.6) is 0 Å². The number of aryl methyl sites for hydroxylation is 2. The lowest BCUT2D eigenvalue weighted by Gasteiger charge is -2.29. The van der Waals surface area contributed by atoms with Crippen LogP contribution in [0.25, 0.3) is 0 Å². The summed E-state index contributed by atoms with van der Waals surface area (Å²) in [6.07, 6.45) is 1.28. The van der Waals surface area contributed by atoms with E-state index in [0.717, 1.165) is 16.0 Å². The first-order valence-electron chi connectivity index (χ1n) is 7.82. The van der Waals surface area contributed by atoms with Gasteiger partial charge < -0.3 is 0 Å². The number of carbonyl (C=O) groups is 3. The number of amides is 4. The second-order valence-electron chi connectivity index (χ2n) is 5.85. The van der Waals surface area contributed by atoms with Gasteiger partial charge in [0.2, 0.25) is 5.91 Å². The lowest BCUT2D eigenvalue weighted by molar-refractivity contribution is -0.131. The van der Waals surface area contributed by atoms with Gasteiger partial charge in [-0.1, -0.05) is 30.3 Å². The number of para-hydroxylation sites is 1. The van der Waals surface area contributed by atoms with Gasteiger partial charge in [0, 0.05) is 6.21 Å². The van der Waals surface area contributed by atoms with Gasteiger partial charge in [-0.05, 0) is 43.2 Å². The highest BCUT2D eigenvalue weighted by atomic mass is 16.2. The number of carbonyl (C=O) groups excluding carboxylic acids is 3. The molecule has 0 aliphatic carbocycles. The average molecular weight is 335 g/mol. The number of hydrogen-bond donors (Lipinski definition) is 1. The van der Waals surface area contributed by atoms with E-state index >= 15 is 0 Å². The zero-order valence-corrected chi connectivity index (χ0v) is 13.9. The molecule has 126 valence electrons. The Bertz CT molecular complexity index is 889. The van der Waals surface area contributed by atoms with Crippen molar-refractivity contribution in [3.8, 4) is 0 Å². The Morgan fingerprint density at radius 3 is 2.52 bits per heavy atom. The molecule has 0 radical (unpaired) electrons. The van der Waals surface area contributed by atoms with Gasteiger partial charge >= 0.3 is 6.03 Å². The maximum absolute atomic E-state index is 12.7. The van der Waals surface area contributed by atoms with Gasteiger partial charge in [0.15, 0.2) is 5.92 Å². The topological polar surface area (TPSA) is 78.8 Å². The van der Waals surface area contributed by atoms with Crippen LogP contribution >= 0.6 is 0 Å². The first kappa shape index (κ1) is 16.6. The van der Waals surface area contributed by atoms with Gasteiger partial charge in [-0.3, -0.25) is 19.9 Å². The minimum Gasteiger partial charge on any atom is -0.276 e. The summed E-state index contributed by atoms with van der Waals surface area (Å²) >= 11 is 0. The summed E-state index contributed by atoms with van der Waals surface area (Å²) < 4.78 is 0. The van der Waals surface area contributed by atoms with Crippen molar-refractivity contribution >= 4 is 35.4 Å². The van der Waals surface area contributed by atoms with Crippen molar-refractivity contribution < 1.29 is 14.4 Å². The number of urea groups is 1. The standard InChI is InChI=1S/C19H17N3O3/c1-12-6-5-8-14(10-12)20-11-15-17(23)21-19(25)22(18(15)24)16-9-4-3-7-13(16)2/h3-11,15H,1-2H3,(H,21,23,25)/t15-/m0/s1. The molecule has 1 fully saturated rings. The Hall–Kier alpha value is -3.28. The van der Waals surface area contributed by atoms with Crippen LogP contribution in [0.15, 0.2) is 53.5 Å². The third-order valence-electron chi connectivity index (χ3n) is 3.93. The van der Waals surface area contributed by atoms with Gasteiger partial charge in [0.05, 0.1) is 11.4 Å². The molecule has 2 aromatic carbocycles. The van der Waals surface area contributed by atoms with Crippen molar-refractivity contribution in [3.05, 3.63) is 59.7 Å². The molecule has 2 aromatic rings. The van der Waals surface area contributed by atoms with E-state index in [1.807, 2.05) is 31.2 Å². The summed E-state index contributed by atoms with van der Waals surface area (Å²) in [5.41, 5.74) is 2.87. The van der Waals surface area contributed by atoms with Crippen LogP contribution in [-0.4, -0.2) is 24.1 Å². The molecule has 6 nitrogen and oxygen atoms in total. The smallest absolute Gasteiger partial charge is 0.276 e. The van der Waals surface area contributed by atoms with E-state index in [9.17, 15) is 14.4 Å². The van der Waals surface area contributed by atoms with Crippen molar-refractivity contribution in [3.63, 3.8) is 0 Å². The van der Waals surface area contributed by atoms with Crippen LogP contribution in [-0.2, 0) is 9.59 Å². The molecule has 6 heteroatoms. The fraction of sp³-hybridized carbons (Fsp3) is 0.158. The Morgan fingerprint density at radius 2 is 1.80 bits per heavy atom. The SMILES string of the molecule is Cc1cccc(N=C[C@H]2C(=O)NC(=O)N(c3ccccc3C)C2=O)c1. The largest absolute Gasteiger partial charge is 0.335 e. The highest BCUT2D eigenvalue weighted by molar-refractivity contribution is 6.32. The average Bonchev–Trinajstić information content (AvgIpc) is 2.56. The summed E-state index contributed by atoms with van der Waals surface area (Å²) in [6, 6.07) is 13.6. The number of barbiturate groups is 1. The number of aliphatic imine (C=N–C) groups is 1. The number of rotatable bonds is 3. The summed E-state index contributed by atoms with van der Waals surface area (Å²) in [7, 11) is 0. The summed E-state index contributed by atoms with van der Waals surface area (Å²) in [5.74, 6) is -2.44. The molecule has 0 saturated carbocycles. The monoisotopic (exact) mass is 335 g/mol. The molecule has 1 N–H and O–H groups in total. The Morgan fingerprint density at radius 1 is 1.04 bits per heavy atom. The fourth-order valence-electron chi connectivity index (χ4n) is 2.63. The summed E-state index contributed by atoms with van der Waals surface area (Å²) in [6.45, 7) is 3.72. The number of anilines is 1. The van der Waals surface area contributed by atoms with E-state index in [-0.39, 0.29) is 0 Å². The van der Waals surface area contributed by atoms with Crippen LogP contribution in [0.2, 0.25) is 0 Å². The van der Waals surface area contributed by atoms with Crippen LogP contribution in [0.4, 0.5) is 16.2 Å². The molecule has 0 spiro atoms. The van der Waals surface area contributed by atoms with Gasteiger partial charge in [-0.2, -0.15) is 0 Å². The Balaban J connectivity index is 1.92. The maximum atomic E-state index is 12.7. The molecule has 1 aliphatic heterocycles. The molecule has 1 heterocycles. The lowest BCUT2D eigenvalue weighted by atomic mass is 10.0. The molecular weight excluding hydrogens is 318 g/mol. The number of benzene rings is 2. The zero-order valence-electron chi connectivity index (χ0n) is 13.9. The molecule has 1 saturated heterocycles. The Kier molecular flexibility index (Phi) is 4.43. The molecule has 25 heavy (non-hydrogen) atoms. The molecule has 0 aromatic heterocycles. The first-order chi connectivity index (χ1) is 12.0. The van der Waals surface area contributed by atoms with Crippen LogP contribution in [0.1, 0.15) is 11.1 Å². The Labute approximate surface area is 145 Å². The summed E-state index contributed by atoms with van der Waals surface area (Å²) in [5, 5.41) is 2.22. The molecule has 1 atom stereocenters. The second kappa shape index (κ2) is 6.68. The maximum Gasteiger partial charge on any atom is 0.335 e. The molecular formula is C19H17N3O3. The molecule has 0 unspecified atom stereocenters. The third kappa shape index (κ3) is 3.33. The molecule has 0 bridgehead atoms. The van der Waals surface area contributed by atoms with Crippen molar-refractivity contribution in [1.82, 2.24) is 5.32 Å². The number of imide groups is 2. The van der Waals surface area contributed by atoms with E-state index < -0.39 is 23.8 Å². The third-order valence-corrected chi connectivity index (χ3v) is 3.93. The molecule has 4 amide bonds. The summed E-state index contributed by atoms with van der Waals surface area (Å²) in [4.78, 5) is 42.2. The van der Waals surface area contributed by atoms with E-state index in [1.54, 1.807) is 31.2 Å². The van der Waals surface area contributed by atoms with Gasteiger partial charge in [-0.15, -0.1) is 0 Å². The van der Waals surface area contributed by atoms with E-state index in [1.165, 1.54) is 6.21 Å². The van der Waals surface area contributed by atoms with Crippen LogP contribution in [0, 0.1) is 19.8 Å². The first-order valence-corrected chi connectivity index (χ1v) is 7.82. The predicted molar refractivity (Wildman–Crippen MR) is 95.0 cm³/mol. The zero-order chi connectivity index (χ0) is 18.0. The van der Waals surface area contributed by atoms with Crippen molar-refractivity contribution in [2.75, 3.05) is 4.90 Å². The predicted octanol–water partition coefficient (Wildman–Crippen LogP) is 2.90. The van der Waals surface area contributed by atoms with Gasteiger partial charge in [0.1, 0.15) is 0 Å². The van der Waals surface area contributed by atoms with Crippen molar-refractivity contribution in [2.45, 2.75) is 13.8 Å². The lowest BCUT2D eigenvalue weighted by Crippen LogP contribution is -2.58. The van der Waals surface area contributed by atoms with Crippen LogP contribution < -0.4 is 10.2 Å². The minimum absolute atomic E-state index is 0.450. The molecule has 1 aliphatic rings. The van der Waals surface area contributed by atoms with Crippen molar-refractivity contribution in [1.29, 1.82) is 0 Å². The van der Waals surface area contributed by atoms with E-state index in [0.29, 0.717) is 11.4 Å².